The second kappa shape index (κ2) is 6.23. The Balaban J connectivity index is 1.65. The van der Waals surface area contributed by atoms with Gasteiger partial charge in [0.25, 0.3) is 0 Å². The molecule has 1 aromatic carbocycles. The summed E-state index contributed by atoms with van der Waals surface area (Å²) >= 11 is 0. The second-order valence-electron chi connectivity index (χ2n) is 5.96. The summed E-state index contributed by atoms with van der Waals surface area (Å²) in [6, 6.07) is 3.68. The van der Waals surface area contributed by atoms with Crippen molar-refractivity contribution < 1.29 is 28.2 Å². The number of nitrogens with zero attached hydrogens (tertiary/aromatic N) is 1. The monoisotopic (exact) mass is 325 g/mol. The lowest BCUT2D eigenvalue weighted by molar-refractivity contribution is -0.148. The first-order valence-electron chi connectivity index (χ1n) is 7.53. The summed E-state index contributed by atoms with van der Waals surface area (Å²) in [5.41, 5.74) is -0.0267. The van der Waals surface area contributed by atoms with Crippen LogP contribution in [0.3, 0.4) is 0 Å². The van der Waals surface area contributed by atoms with Crippen molar-refractivity contribution in [1.82, 2.24) is 4.90 Å². The highest BCUT2D eigenvalue weighted by Gasteiger charge is 2.48. The lowest BCUT2D eigenvalue weighted by Crippen LogP contribution is -2.47. The van der Waals surface area contributed by atoms with E-state index >= 15 is 0 Å². The van der Waals surface area contributed by atoms with E-state index < -0.39 is 35.5 Å². The van der Waals surface area contributed by atoms with E-state index in [0.717, 1.165) is 0 Å². The Hall–Kier alpha value is -2.02. The predicted molar refractivity (Wildman–Crippen MR) is 75.8 cm³/mol. The van der Waals surface area contributed by atoms with Crippen LogP contribution in [-0.4, -0.2) is 47.7 Å². The molecule has 0 aromatic heterocycles. The van der Waals surface area contributed by atoms with Gasteiger partial charge in [-0.3, -0.25) is 9.59 Å². The van der Waals surface area contributed by atoms with Gasteiger partial charge in [0, 0.05) is 30.5 Å². The standard InChI is InChI=1S/C16H17F2NO4/c17-12-2-1-3-13(18)15(12)10-7-11(10)16(22)19-4-5-23-9(8-19)6-14(20)21/h1-3,9-11H,4-8H2,(H,20,21)/t9-,10-,11+/m1/s1. The van der Waals surface area contributed by atoms with E-state index in [1.54, 1.807) is 4.90 Å². The lowest BCUT2D eigenvalue weighted by atomic mass is 10.1. The van der Waals surface area contributed by atoms with E-state index in [9.17, 15) is 18.4 Å². The molecule has 3 atom stereocenters. The number of rotatable bonds is 4. The normalized spacial score (nSPS) is 26.9. The summed E-state index contributed by atoms with van der Waals surface area (Å²) in [4.78, 5) is 24.8. The number of hydrogen-bond acceptors (Lipinski definition) is 3. The first-order valence-corrected chi connectivity index (χ1v) is 7.53. The van der Waals surface area contributed by atoms with E-state index in [-0.39, 0.29) is 31.0 Å². The first kappa shape index (κ1) is 15.9. The molecule has 124 valence electrons. The average Bonchev–Trinajstić information content (AvgIpc) is 3.26. The molecule has 3 rings (SSSR count). The van der Waals surface area contributed by atoms with Crippen LogP contribution in [-0.2, 0) is 14.3 Å². The second-order valence-corrected chi connectivity index (χ2v) is 5.96. The maximum absolute atomic E-state index is 13.8. The van der Waals surface area contributed by atoms with Crippen LogP contribution in [0.15, 0.2) is 18.2 Å². The zero-order valence-corrected chi connectivity index (χ0v) is 12.4. The Morgan fingerprint density at radius 2 is 2.00 bits per heavy atom. The molecule has 5 nitrogen and oxygen atoms in total. The molecular formula is C16H17F2NO4. The topological polar surface area (TPSA) is 66.8 Å². The Labute approximate surface area is 131 Å². The quantitative estimate of drug-likeness (QED) is 0.916. The first-order chi connectivity index (χ1) is 11.0. The average molecular weight is 325 g/mol. The summed E-state index contributed by atoms with van der Waals surface area (Å²) < 4.78 is 32.9. The highest BCUT2D eigenvalue weighted by molar-refractivity contribution is 5.83. The smallest absolute Gasteiger partial charge is 0.306 e. The van der Waals surface area contributed by atoms with Crippen molar-refractivity contribution in [3.63, 3.8) is 0 Å². The van der Waals surface area contributed by atoms with Crippen LogP contribution in [0.4, 0.5) is 8.78 Å². The Morgan fingerprint density at radius 1 is 1.30 bits per heavy atom. The third-order valence-corrected chi connectivity index (χ3v) is 4.33. The molecule has 0 spiro atoms. The summed E-state index contributed by atoms with van der Waals surface area (Å²) in [5, 5.41) is 8.80. The minimum Gasteiger partial charge on any atom is -0.481 e. The molecule has 1 aromatic rings. The fraction of sp³-hybridized carbons (Fsp3) is 0.500. The third kappa shape index (κ3) is 3.34. The van der Waals surface area contributed by atoms with Crippen molar-refractivity contribution >= 4 is 11.9 Å². The third-order valence-electron chi connectivity index (χ3n) is 4.33. The van der Waals surface area contributed by atoms with Gasteiger partial charge in [0.15, 0.2) is 0 Å². The highest BCUT2D eigenvalue weighted by Crippen LogP contribution is 2.50. The maximum Gasteiger partial charge on any atom is 0.306 e. The molecule has 1 saturated heterocycles. The molecule has 2 aliphatic rings. The molecule has 1 N–H and O–H groups in total. The SMILES string of the molecule is O=C(O)C[C@@H]1CN(C(=O)[C@H]2C[C@H]2c2c(F)cccc2F)CCO1. The van der Waals surface area contributed by atoms with Gasteiger partial charge < -0.3 is 14.7 Å². The lowest BCUT2D eigenvalue weighted by Gasteiger charge is -2.32. The number of carboxylic acids is 1. The fourth-order valence-corrected chi connectivity index (χ4v) is 3.12. The van der Waals surface area contributed by atoms with Crippen molar-refractivity contribution in [2.75, 3.05) is 19.7 Å². The molecule has 1 amide bonds. The number of amides is 1. The van der Waals surface area contributed by atoms with Crippen LogP contribution < -0.4 is 0 Å². The number of aliphatic carboxylic acids is 1. The number of carbonyl (C=O) groups excluding carboxylic acids is 1. The van der Waals surface area contributed by atoms with E-state index in [4.69, 9.17) is 9.84 Å². The van der Waals surface area contributed by atoms with Crippen molar-refractivity contribution in [3.8, 4) is 0 Å². The molecule has 1 aliphatic carbocycles. The molecule has 23 heavy (non-hydrogen) atoms. The van der Waals surface area contributed by atoms with Crippen molar-refractivity contribution in [2.24, 2.45) is 5.92 Å². The Kier molecular flexibility index (Phi) is 4.30. The summed E-state index contributed by atoms with van der Waals surface area (Å²) in [5.74, 6) is -3.31. The van der Waals surface area contributed by atoms with Gasteiger partial charge in [-0.25, -0.2) is 8.78 Å². The van der Waals surface area contributed by atoms with Crippen LogP contribution in [0.25, 0.3) is 0 Å². The van der Waals surface area contributed by atoms with Gasteiger partial charge >= 0.3 is 5.97 Å². The van der Waals surface area contributed by atoms with E-state index in [2.05, 4.69) is 0 Å². The van der Waals surface area contributed by atoms with Gasteiger partial charge in [0.1, 0.15) is 11.6 Å². The largest absolute Gasteiger partial charge is 0.481 e. The van der Waals surface area contributed by atoms with Crippen molar-refractivity contribution in [3.05, 3.63) is 35.4 Å². The zero-order valence-electron chi connectivity index (χ0n) is 12.4. The van der Waals surface area contributed by atoms with Gasteiger partial charge in [-0.2, -0.15) is 0 Å². The van der Waals surface area contributed by atoms with Crippen LogP contribution >= 0.6 is 0 Å². The number of hydrogen-bond donors (Lipinski definition) is 1. The van der Waals surface area contributed by atoms with Crippen LogP contribution in [0.2, 0.25) is 0 Å². The molecule has 7 heteroatoms. The van der Waals surface area contributed by atoms with Crippen LogP contribution in [0.5, 0.6) is 0 Å². The minimum atomic E-state index is -0.984. The van der Waals surface area contributed by atoms with Crippen molar-refractivity contribution in [2.45, 2.75) is 24.9 Å². The maximum atomic E-state index is 13.8. The molecular weight excluding hydrogens is 308 g/mol. The molecule has 0 unspecified atom stereocenters. The molecule has 1 aliphatic heterocycles. The minimum absolute atomic E-state index is 0.0267. The van der Waals surface area contributed by atoms with E-state index in [1.165, 1.54) is 18.2 Å². The Morgan fingerprint density at radius 3 is 2.65 bits per heavy atom. The summed E-state index contributed by atoms with van der Waals surface area (Å²) in [6.45, 7) is 0.848. The molecule has 2 fully saturated rings. The number of benzene rings is 1. The number of carbonyl (C=O) groups is 2. The molecule has 0 radical (unpaired) electrons. The number of ether oxygens (including phenoxy) is 1. The van der Waals surface area contributed by atoms with E-state index in [1.807, 2.05) is 0 Å². The molecule has 0 bridgehead atoms. The van der Waals surface area contributed by atoms with Gasteiger partial charge in [0.05, 0.1) is 19.1 Å². The number of halogens is 2. The molecule has 1 saturated carbocycles. The van der Waals surface area contributed by atoms with Gasteiger partial charge in [-0.15, -0.1) is 0 Å². The summed E-state index contributed by atoms with van der Waals surface area (Å²) in [6.07, 6.45) is -0.287. The van der Waals surface area contributed by atoms with Gasteiger partial charge in [-0.05, 0) is 18.6 Å². The van der Waals surface area contributed by atoms with Crippen molar-refractivity contribution in [1.29, 1.82) is 0 Å². The molecule has 1 heterocycles. The summed E-state index contributed by atoms with van der Waals surface area (Å²) in [7, 11) is 0. The Bertz CT molecular complexity index is 616. The van der Waals surface area contributed by atoms with Gasteiger partial charge in [-0.1, -0.05) is 6.07 Å². The zero-order chi connectivity index (χ0) is 16.6. The van der Waals surface area contributed by atoms with Gasteiger partial charge in [0.2, 0.25) is 5.91 Å². The van der Waals surface area contributed by atoms with Crippen LogP contribution in [0, 0.1) is 17.6 Å². The van der Waals surface area contributed by atoms with Crippen LogP contribution in [0.1, 0.15) is 24.3 Å². The highest BCUT2D eigenvalue weighted by atomic mass is 19.1. The number of carboxylic acid groups (broad SMARTS) is 1. The predicted octanol–water partition coefficient (Wildman–Crippen LogP) is 1.77. The number of morpholine rings is 1. The van der Waals surface area contributed by atoms with E-state index in [0.29, 0.717) is 13.0 Å². The fourth-order valence-electron chi connectivity index (χ4n) is 3.12.